The van der Waals surface area contributed by atoms with Crippen molar-refractivity contribution in [2.75, 3.05) is 19.8 Å². The van der Waals surface area contributed by atoms with E-state index in [2.05, 4.69) is 43.4 Å². The molecule has 0 atom stereocenters. The van der Waals surface area contributed by atoms with Crippen LogP contribution in [0.5, 0.6) is 0 Å². The van der Waals surface area contributed by atoms with Crippen molar-refractivity contribution in [3.05, 3.63) is 47.0 Å². The van der Waals surface area contributed by atoms with E-state index in [1.807, 2.05) is 13.0 Å². The van der Waals surface area contributed by atoms with Gasteiger partial charge in [-0.15, -0.1) is 0 Å². The maximum atomic E-state index is 5.66. The van der Waals surface area contributed by atoms with Crippen molar-refractivity contribution in [3.63, 3.8) is 0 Å². The number of nitrogens with one attached hydrogen (secondary N) is 1. The molecule has 0 spiro atoms. The molecule has 1 aromatic carbocycles. The van der Waals surface area contributed by atoms with Crippen LogP contribution < -0.4 is 5.32 Å². The highest BCUT2D eigenvalue weighted by Gasteiger charge is 2.17. The summed E-state index contributed by atoms with van der Waals surface area (Å²) in [6.45, 7) is 9.50. The standard InChI is InChI=1S/C16H24ClNO/c1-14(9-17)11-19-13-16(2,3)12-18-10-15-7-5-4-6-8-15/h4-9,18H,10-13H2,1-3H3/b14-9-. The van der Waals surface area contributed by atoms with E-state index in [9.17, 15) is 0 Å². The molecule has 2 nitrogen and oxygen atoms in total. The molecule has 3 heteroatoms. The molecule has 0 aliphatic carbocycles. The molecule has 0 heterocycles. The van der Waals surface area contributed by atoms with E-state index < -0.39 is 0 Å². The lowest BCUT2D eigenvalue weighted by molar-refractivity contribution is 0.0763. The van der Waals surface area contributed by atoms with Gasteiger partial charge in [0.2, 0.25) is 0 Å². The monoisotopic (exact) mass is 281 g/mol. The fourth-order valence-corrected chi connectivity index (χ4v) is 1.77. The lowest BCUT2D eigenvalue weighted by Gasteiger charge is -2.25. The van der Waals surface area contributed by atoms with Gasteiger partial charge in [-0.1, -0.05) is 55.8 Å². The van der Waals surface area contributed by atoms with E-state index in [-0.39, 0.29) is 5.41 Å². The largest absolute Gasteiger partial charge is 0.376 e. The van der Waals surface area contributed by atoms with Crippen molar-refractivity contribution in [2.45, 2.75) is 27.3 Å². The predicted octanol–water partition coefficient (Wildman–Crippen LogP) is 3.96. The molecule has 0 fully saturated rings. The Hall–Kier alpha value is -0.830. The first-order chi connectivity index (χ1) is 9.03. The Balaban J connectivity index is 2.23. The number of benzene rings is 1. The smallest absolute Gasteiger partial charge is 0.0685 e. The van der Waals surface area contributed by atoms with Crippen LogP contribution in [-0.4, -0.2) is 19.8 Å². The van der Waals surface area contributed by atoms with Gasteiger partial charge in [0.1, 0.15) is 0 Å². The zero-order valence-corrected chi connectivity index (χ0v) is 12.8. The fourth-order valence-electron chi connectivity index (χ4n) is 1.71. The minimum absolute atomic E-state index is 0.112. The summed E-state index contributed by atoms with van der Waals surface area (Å²) in [5.41, 5.74) is 4.04. The summed E-state index contributed by atoms with van der Waals surface area (Å²) < 4.78 is 5.66. The van der Waals surface area contributed by atoms with Gasteiger partial charge in [0, 0.05) is 24.0 Å². The molecule has 0 radical (unpaired) electrons. The van der Waals surface area contributed by atoms with Gasteiger partial charge in [-0.05, 0) is 18.1 Å². The second-order valence-corrected chi connectivity index (χ2v) is 5.92. The third kappa shape index (κ3) is 7.36. The highest BCUT2D eigenvalue weighted by Crippen LogP contribution is 2.15. The third-order valence-corrected chi connectivity index (χ3v) is 3.16. The van der Waals surface area contributed by atoms with E-state index in [0.717, 1.165) is 25.3 Å². The van der Waals surface area contributed by atoms with Crippen molar-refractivity contribution in [1.82, 2.24) is 5.32 Å². The average Bonchev–Trinajstić information content (AvgIpc) is 2.39. The number of halogens is 1. The van der Waals surface area contributed by atoms with Crippen LogP contribution in [0.3, 0.4) is 0 Å². The summed E-state index contributed by atoms with van der Waals surface area (Å²) in [5.74, 6) is 0. The van der Waals surface area contributed by atoms with Crippen LogP contribution >= 0.6 is 11.6 Å². The summed E-state index contributed by atoms with van der Waals surface area (Å²) in [4.78, 5) is 0. The first-order valence-electron chi connectivity index (χ1n) is 6.62. The van der Waals surface area contributed by atoms with E-state index in [1.165, 1.54) is 5.56 Å². The van der Waals surface area contributed by atoms with E-state index in [4.69, 9.17) is 16.3 Å². The predicted molar refractivity (Wildman–Crippen MR) is 82.4 cm³/mol. The maximum Gasteiger partial charge on any atom is 0.0685 e. The van der Waals surface area contributed by atoms with Crippen LogP contribution in [0.2, 0.25) is 0 Å². The highest BCUT2D eigenvalue weighted by molar-refractivity contribution is 6.25. The molecule has 1 aromatic rings. The molecule has 19 heavy (non-hydrogen) atoms. The maximum absolute atomic E-state index is 5.66. The average molecular weight is 282 g/mol. The van der Waals surface area contributed by atoms with Crippen LogP contribution in [0.15, 0.2) is 41.4 Å². The van der Waals surface area contributed by atoms with Crippen LogP contribution in [-0.2, 0) is 11.3 Å². The molecule has 1 rings (SSSR count). The Morgan fingerprint density at radius 2 is 2.00 bits per heavy atom. The summed E-state index contributed by atoms with van der Waals surface area (Å²) in [6, 6.07) is 10.4. The normalized spacial score (nSPS) is 12.7. The van der Waals surface area contributed by atoms with Crippen molar-refractivity contribution >= 4 is 11.6 Å². The summed E-state index contributed by atoms with van der Waals surface area (Å²) in [7, 11) is 0. The van der Waals surface area contributed by atoms with Crippen LogP contribution in [0, 0.1) is 5.41 Å². The number of hydrogen-bond donors (Lipinski definition) is 1. The molecule has 0 bridgehead atoms. The first kappa shape index (κ1) is 16.2. The van der Waals surface area contributed by atoms with E-state index >= 15 is 0 Å². The van der Waals surface area contributed by atoms with Gasteiger partial charge in [0.05, 0.1) is 13.2 Å². The SMILES string of the molecule is C/C(=C/Cl)COCC(C)(C)CNCc1ccccc1. The molecule has 106 valence electrons. The van der Waals surface area contributed by atoms with Crippen LogP contribution in [0.4, 0.5) is 0 Å². The Morgan fingerprint density at radius 3 is 2.63 bits per heavy atom. The van der Waals surface area contributed by atoms with E-state index in [0.29, 0.717) is 6.61 Å². The molecule has 0 saturated heterocycles. The minimum Gasteiger partial charge on any atom is -0.376 e. The van der Waals surface area contributed by atoms with Gasteiger partial charge in [0.25, 0.3) is 0 Å². The zero-order chi connectivity index (χ0) is 14.1. The van der Waals surface area contributed by atoms with Gasteiger partial charge in [-0.3, -0.25) is 0 Å². The van der Waals surface area contributed by atoms with Crippen LogP contribution in [0.25, 0.3) is 0 Å². The lowest BCUT2D eigenvalue weighted by atomic mass is 9.95. The minimum atomic E-state index is 0.112. The molecule has 0 unspecified atom stereocenters. The van der Waals surface area contributed by atoms with Gasteiger partial charge in [-0.25, -0.2) is 0 Å². The van der Waals surface area contributed by atoms with E-state index in [1.54, 1.807) is 5.54 Å². The Bertz CT molecular complexity index is 387. The highest BCUT2D eigenvalue weighted by atomic mass is 35.5. The Labute approximate surface area is 121 Å². The Kier molecular flexibility index (Phi) is 7.14. The van der Waals surface area contributed by atoms with Crippen molar-refractivity contribution in [2.24, 2.45) is 5.41 Å². The summed E-state index contributed by atoms with van der Waals surface area (Å²) in [6.07, 6.45) is 0. The molecular formula is C16H24ClNO. The Morgan fingerprint density at radius 1 is 1.32 bits per heavy atom. The van der Waals surface area contributed by atoms with Gasteiger partial charge >= 0.3 is 0 Å². The molecular weight excluding hydrogens is 258 g/mol. The van der Waals surface area contributed by atoms with Crippen molar-refractivity contribution in [1.29, 1.82) is 0 Å². The molecule has 0 aliphatic rings. The topological polar surface area (TPSA) is 21.3 Å². The quantitative estimate of drug-likeness (QED) is 0.779. The molecule has 0 aliphatic heterocycles. The lowest BCUT2D eigenvalue weighted by Crippen LogP contribution is -2.33. The third-order valence-electron chi connectivity index (χ3n) is 2.78. The van der Waals surface area contributed by atoms with Crippen molar-refractivity contribution < 1.29 is 4.74 Å². The van der Waals surface area contributed by atoms with Gasteiger partial charge < -0.3 is 10.1 Å². The second-order valence-electron chi connectivity index (χ2n) is 5.70. The molecule has 0 aromatic heterocycles. The summed E-state index contributed by atoms with van der Waals surface area (Å²) in [5, 5.41) is 3.47. The number of ether oxygens (including phenoxy) is 1. The zero-order valence-electron chi connectivity index (χ0n) is 12.1. The number of rotatable bonds is 8. The second kappa shape index (κ2) is 8.36. The molecule has 0 amide bonds. The molecule has 1 N–H and O–H groups in total. The van der Waals surface area contributed by atoms with Crippen molar-refractivity contribution in [3.8, 4) is 0 Å². The fraction of sp³-hybridized carbons (Fsp3) is 0.500. The number of hydrogen-bond acceptors (Lipinski definition) is 2. The first-order valence-corrected chi connectivity index (χ1v) is 7.05. The summed E-state index contributed by atoms with van der Waals surface area (Å²) >= 11 is 5.60. The van der Waals surface area contributed by atoms with Gasteiger partial charge in [0.15, 0.2) is 0 Å². The molecule has 0 saturated carbocycles. The van der Waals surface area contributed by atoms with Crippen LogP contribution in [0.1, 0.15) is 26.3 Å². The van der Waals surface area contributed by atoms with Gasteiger partial charge in [-0.2, -0.15) is 0 Å².